The SMILES string of the molecule is CCOC(=O)CCC(C)(O)c1ccc(OC(F)(F)F)cc1. The molecule has 1 atom stereocenters. The third kappa shape index (κ3) is 6.03. The van der Waals surface area contributed by atoms with Gasteiger partial charge in [-0.2, -0.15) is 0 Å². The Bertz CT molecular complexity index is 466. The fraction of sp³-hybridized carbons (Fsp3) is 0.500. The molecule has 0 bridgehead atoms. The van der Waals surface area contributed by atoms with Gasteiger partial charge < -0.3 is 14.6 Å². The monoisotopic (exact) mass is 306 g/mol. The van der Waals surface area contributed by atoms with E-state index in [1.807, 2.05) is 0 Å². The quantitative estimate of drug-likeness (QED) is 0.820. The molecule has 4 nitrogen and oxygen atoms in total. The molecule has 7 heteroatoms. The summed E-state index contributed by atoms with van der Waals surface area (Å²) in [4.78, 5) is 11.3. The van der Waals surface area contributed by atoms with Gasteiger partial charge in [0.05, 0.1) is 12.2 Å². The molecule has 1 aromatic carbocycles. The van der Waals surface area contributed by atoms with Crippen molar-refractivity contribution in [3.05, 3.63) is 29.8 Å². The summed E-state index contributed by atoms with van der Waals surface area (Å²) in [5.74, 6) is -0.803. The molecule has 0 fully saturated rings. The molecule has 0 aliphatic heterocycles. The van der Waals surface area contributed by atoms with Crippen LogP contribution in [0.15, 0.2) is 24.3 Å². The lowest BCUT2D eigenvalue weighted by Crippen LogP contribution is -2.23. The molecule has 21 heavy (non-hydrogen) atoms. The van der Waals surface area contributed by atoms with Gasteiger partial charge in [0.25, 0.3) is 0 Å². The molecule has 0 saturated heterocycles. The summed E-state index contributed by atoms with van der Waals surface area (Å²) in [7, 11) is 0. The minimum atomic E-state index is -4.76. The number of esters is 1. The average Bonchev–Trinajstić information content (AvgIpc) is 2.36. The Balaban J connectivity index is 2.68. The number of rotatable bonds is 6. The minimum absolute atomic E-state index is 0.0155. The van der Waals surface area contributed by atoms with E-state index in [9.17, 15) is 23.1 Å². The second kappa shape index (κ2) is 6.80. The van der Waals surface area contributed by atoms with Crippen molar-refractivity contribution in [1.29, 1.82) is 0 Å². The summed E-state index contributed by atoms with van der Waals surface area (Å²) in [5, 5.41) is 10.3. The number of hydrogen-bond donors (Lipinski definition) is 1. The molecule has 1 unspecified atom stereocenters. The van der Waals surface area contributed by atoms with E-state index in [0.29, 0.717) is 5.56 Å². The fourth-order valence-corrected chi connectivity index (χ4v) is 1.74. The van der Waals surface area contributed by atoms with Crippen LogP contribution in [0.2, 0.25) is 0 Å². The largest absolute Gasteiger partial charge is 0.573 e. The molecule has 118 valence electrons. The van der Waals surface area contributed by atoms with Gasteiger partial charge in [0.2, 0.25) is 0 Å². The van der Waals surface area contributed by atoms with Crippen molar-refractivity contribution in [2.45, 2.75) is 38.7 Å². The van der Waals surface area contributed by atoms with Gasteiger partial charge >= 0.3 is 12.3 Å². The van der Waals surface area contributed by atoms with E-state index in [0.717, 1.165) is 12.1 Å². The van der Waals surface area contributed by atoms with Crippen LogP contribution in [0, 0.1) is 0 Å². The fourth-order valence-electron chi connectivity index (χ4n) is 1.74. The molecule has 0 amide bonds. The van der Waals surface area contributed by atoms with E-state index in [2.05, 4.69) is 4.74 Å². The van der Waals surface area contributed by atoms with Gasteiger partial charge in [-0.05, 0) is 38.0 Å². The second-order valence-electron chi connectivity index (χ2n) is 4.65. The normalized spacial score (nSPS) is 14.4. The van der Waals surface area contributed by atoms with Crippen molar-refractivity contribution in [1.82, 2.24) is 0 Å². The van der Waals surface area contributed by atoms with Crippen LogP contribution >= 0.6 is 0 Å². The molecule has 0 radical (unpaired) electrons. The molecule has 0 aliphatic rings. The van der Waals surface area contributed by atoms with Gasteiger partial charge in [-0.25, -0.2) is 0 Å². The van der Waals surface area contributed by atoms with Crippen LogP contribution in [0.4, 0.5) is 13.2 Å². The highest BCUT2D eigenvalue weighted by Gasteiger charge is 2.31. The Hall–Kier alpha value is -1.76. The van der Waals surface area contributed by atoms with Crippen molar-refractivity contribution in [3.63, 3.8) is 0 Å². The van der Waals surface area contributed by atoms with Crippen LogP contribution in [0.3, 0.4) is 0 Å². The smallest absolute Gasteiger partial charge is 0.466 e. The summed E-state index contributed by atoms with van der Waals surface area (Å²) in [5.41, 5.74) is -0.954. The predicted molar refractivity (Wildman–Crippen MR) is 68.6 cm³/mol. The Kier molecular flexibility index (Phi) is 5.60. The van der Waals surface area contributed by atoms with Crippen molar-refractivity contribution in [2.24, 2.45) is 0 Å². The van der Waals surface area contributed by atoms with E-state index in [4.69, 9.17) is 4.74 Å². The standard InChI is InChI=1S/C14H17F3O4/c1-3-20-12(18)8-9-13(2,19)10-4-6-11(7-5-10)21-14(15,16)17/h4-7,19H,3,8-9H2,1-2H3. The molecule has 0 heterocycles. The number of alkyl halides is 3. The number of carbonyl (C=O) groups excluding carboxylic acids is 1. The van der Waals surface area contributed by atoms with Gasteiger partial charge in [0, 0.05) is 6.42 Å². The lowest BCUT2D eigenvalue weighted by Gasteiger charge is -2.23. The molecule has 0 aliphatic carbocycles. The molecule has 0 aromatic heterocycles. The summed E-state index contributed by atoms with van der Waals surface area (Å²) >= 11 is 0. The third-order valence-electron chi connectivity index (χ3n) is 2.83. The topological polar surface area (TPSA) is 55.8 Å². The number of aliphatic hydroxyl groups is 1. The lowest BCUT2D eigenvalue weighted by molar-refractivity contribution is -0.274. The van der Waals surface area contributed by atoms with Crippen LogP contribution < -0.4 is 4.74 Å². The first kappa shape index (κ1) is 17.3. The van der Waals surface area contributed by atoms with E-state index < -0.39 is 17.9 Å². The third-order valence-corrected chi connectivity index (χ3v) is 2.83. The zero-order chi connectivity index (χ0) is 16.1. The van der Waals surface area contributed by atoms with Gasteiger partial charge in [-0.1, -0.05) is 12.1 Å². The zero-order valence-electron chi connectivity index (χ0n) is 11.7. The van der Waals surface area contributed by atoms with Gasteiger partial charge in [0.1, 0.15) is 5.75 Å². The number of hydrogen-bond acceptors (Lipinski definition) is 4. The Morgan fingerprint density at radius 2 is 1.81 bits per heavy atom. The summed E-state index contributed by atoms with van der Waals surface area (Å²) < 4.78 is 44.6. The van der Waals surface area contributed by atoms with E-state index in [1.54, 1.807) is 6.92 Å². The van der Waals surface area contributed by atoms with Gasteiger partial charge in [-0.3, -0.25) is 4.79 Å². The van der Waals surface area contributed by atoms with Gasteiger partial charge in [-0.15, -0.1) is 13.2 Å². The zero-order valence-corrected chi connectivity index (χ0v) is 11.7. The average molecular weight is 306 g/mol. The molecular weight excluding hydrogens is 289 g/mol. The van der Waals surface area contributed by atoms with Crippen LogP contribution in [0.5, 0.6) is 5.75 Å². The molecule has 0 saturated carbocycles. The summed E-state index contributed by atoms with van der Waals surface area (Å²) in [6.07, 6.45) is -4.64. The van der Waals surface area contributed by atoms with Gasteiger partial charge in [0.15, 0.2) is 0 Å². The van der Waals surface area contributed by atoms with Crippen molar-refractivity contribution in [3.8, 4) is 5.75 Å². The maximum Gasteiger partial charge on any atom is 0.573 e. The first-order chi connectivity index (χ1) is 9.64. The van der Waals surface area contributed by atoms with Crippen LogP contribution in [-0.4, -0.2) is 24.0 Å². The summed E-state index contributed by atoms with van der Waals surface area (Å²) in [6.45, 7) is 3.41. The highest BCUT2D eigenvalue weighted by atomic mass is 19.4. The Morgan fingerprint density at radius 3 is 2.29 bits per heavy atom. The number of halogens is 3. The van der Waals surface area contributed by atoms with Crippen LogP contribution in [0.25, 0.3) is 0 Å². The molecule has 1 aromatic rings. The highest BCUT2D eigenvalue weighted by molar-refractivity contribution is 5.69. The minimum Gasteiger partial charge on any atom is -0.466 e. The molecule has 0 spiro atoms. The van der Waals surface area contributed by atoms with Crippen LogP contribution in [-0.2, 0) is 15.1 Å². The van der Waals surface area contributed by atoms with Crippen molar-refractivity contribution in [2.75, 3.05) is 6.61 Å². The maximum absolute atomic E-state index is 12.0. The molecule has 1 N–H and O–H groups in total. The highest BCUT2D eigenvalue weighted by Crippen LogP contribution is 2.29. The van der Waals surface area contributed by atoms with E-state index in [1.165, 1.54) is 19.1 Å². The van der Waals surface area contributed by atoms with Crippen LogP contribution in [0.1, 0.15) is 32.3 Å². The molecular formula is C14H17F3O4. The number of carbonyl (C=O) groups is 1. The first-order valence-corrected chi connectivity index (χ1v) is 6.38. The second-order valence-corrected chi connectivity index (χ2v) is 4.65. The summed E-state index contributed by atoms with van der Waals surface area (Å²) in [6, 6.07) is 4.88. The van der Waals surface area contributed by atoms with E-state index in [-0.39, 0.29) is 25.2 Å². The van der Waals surface area contributed by atoms with Crippen molar-refractivity contribution >= 4 is 5.97 Å². The number of benzene rings is 1. The molecule has 1 rings (SSSR count). The lowest BCUT2D eigenvalue weighted by atomic mass is 9.91. The van der Waals surface area contributed by atoms with E-state index >= 15 is 0 Å². The Morgan fingerprint density at radius 1 is 1.24 bits per heavy atom. The maximum atomic E-state index is 12.0. The number of ether oxygens (including phenoxy) is 2. The van der Waals surface area contributed by atoms with Crippen molar-refractivity contribution < 1.29 is 32.5 Å². The first-order valence-electron chi connectivity index (χ1n) is 6.38. The Labute approximate surface area is 120 Å². The predicted octanol–water partition coefficient (Wildman–Crippen LogP) is 3.14.